The van der Waals surface area contributed by atoms with Crippen molar-refractivity contribution in [2.45, 2.75) is 17.5 Å². The Morgan fingerprint density at radius 1 is 1.17 bits per heavy atom. The van der Waals surface area contributed by atoms with Crippen LogP contribution in [0.2, 0.25) is 5.02 Å². The van der Waals surface area contributed by atoms with Crippen molar-refractivity contribution in [3.8, 4) is 11.4 Å². The molecule has 1 heterocycles. The number of allylic oxidation sites excluding steroid dienone is 1. The zero-order valence-corrected chi connectivity index (χ0v) is 14.4. The third-order valence-corrected chi connectivity index (χ3v) is 4.66. The maximum absolute atomic E-state index is 13.1. The molecular formula is C18H15ClFN3S. The van der Waals surface area contributed by atoms with Crippen LogP contribution in [0.4, 0.5) is 4.39 Å². The molecule has 0 saturated carbocycles. The van der Waals surface area contributed by atoms with Crippen molar-refractivity contribution >= 4 is 23.4 Å². The van der Waals surface area contributed by atoms with Gasteiger partial charge in [0.25, 0.3) is 0 Å². The van der Waals surface area contributed by atoms with Crippen molar-refractivity contribution in [3.63, 3.8) is 0 Å². The fourth-order valence-electron chi connectivity index (χ4n) is 2.28. The van der Waals surface area contributed by atoms with Gasteiger partial charge >= 0.3 is 0 Å². The van der Waals surface area contributed by atoms with Gasteiger partial charge in [0.05, 0.1) is 0 Å². The van der Waals surface area contributed by atoms with Crippen molar-refractivity contribution in [3.05, 3.63) is 77.6 Å². The lowest BCUT2D eigenvalue weighted by molar-refractivity contribution is 0.628. The number of hydrogen-bond donors (Lipinski definition) is 0. The average molecular weight is 360 g/mol. The highest BCUT2D eigenvalue weighted by Crippen LogP contribution is 2.27. The van der Waals surface area contributed by atoms with E-state index in [0.717, 1.165) is 22.0 Å². The van der Waals surface area contributed by atoms with Crippen LogP contribution in [0.1, 0.15) is 5.56 Å². The highest BCUT2D eigenvalue weighted by atomic mass is 35.5. The standard InChI is InChI=1S/C18H15ClFN3S/c1-2-10-23-17(14-6-8-16(20)9-7-14)21-22-18(23)24-12-13-4-3-5-15(19)11-13/h2-9,11H,1,10,12H2. The predicted octanol–water partition coefficient (Wildman–Crippen LogP) is 5.22. The third kappa shape index (κ3) is 3.86. The van der Waals surface area contributed by atoms with E-state index < -0.39 is 0 Å². The molecule has 122 valence electrons. The molecule has 0 saturated heterocycles. The average Bonchev–Trinajstić information content (AvgIpc) is 2.97. The summed E-state index contributed by atoms with van der Waals surface area (Å²) in [5, 5.41) is 10.0. The van der Waals surface area contributed by atoms with Crippen molar-refractivity contribution < 1.29 is 4.39 Å². The molecule has 0 N–H and O–H groups in total. The SMILES string of the molecule is C=CCn1c(SCc2cccc(Cl)c2)nnc1-c1ccc(F)cc1. The first kappa shape index (κ1) is 16.7. The second-order valence-corrected chi connectivity index (χ2v) is 6.51. The van der Waals surface area contributed by atoms with Crippen LogP contribution in [0, 0.1) is 5.82 Å². The second-order valence-electron chi connectivity index (χ2n) is 5.13. The molecule has 0 atom stereocenters. The molecule has 24 heavy (non-hydrogen) atoms. The van der Waals surface area contributed by atoms with Gasteiger partial charge in [-0.2, -0.15) is 0 Å². The molecular weight excluding hydrogens is 345 g/mol. The minimum Gasteiger partial charge on any atom is -0.298 e. The van der Waals surface area contributed by atoms with Gasteiger partial charge in [0.15, 0.2) is 11.0 Å². The Hall–Kier alpha value is -2.11. The van der Waals surface area contributed by atoms with Gasteiger partial charge in [0.1, 0.15) is 5.82 Å². The number of rotatable bonds is 6. The third-order valence-electron chi connectivity index (χ3n) is 3.39. The summed E-state index contributed by atoms with van der Waals surface area (Å²) in [5.41, 5.74) is 1.93. The van der Waals surface area contributed by atoms with Gasteiger partial charge in [0, 0.05) is 22.9 Å². The summed E-state index contributed by atoms with van der Waals surface area (Å²) >= 11 is 7.59. The first-order valence-corrected chi connectivity index (χ1v) is 8.71. The highest BCUT2D eigenvalue weighted by molar-refractivity contribution is 7.98. The zero-order chi connectivity index (χ0) is 16.9. The summed E-state index contributed by atoms with van der Waals surface area (Å²) in [5.74, 6) is 1.16. The van der Waals surface area contributed by atoms with Crippen LogP contribution in [0.5, 0.6) is 0 Å². The van der Waals surface area contributed by atoms with Gasteiger partial charge < -0.3 is 0 Å². The molecule has 3 rings (SSSR count). The van der Waals surface area contributed by atoms with Crippen LogP contribution < -0.4 is 0 Å². The normalized spacial score (nSPS) is 10.8. The monoisotopic (exact) mass is 359 g/mol. The van der Waals surface area contributed by atoms with Crippen molar-refractivity contribution in [1.29, 1.82) is 0 Å². The Morgan fingerprint density at radius 2 is 1.96 bits per heavy atom. The van der Waals surface area contributed by atoms with E-state index >= 15 is 0 Å². The molecule has 0 aliphatic rings. The predicted molar refractivity (Wildman–Crippen MR) is 96.6 cm³/mol. The minimum absolute atomic E-state index is 0.274. The molecule has 0 aliphatic carbocycles. The van der Waals surface area contributed by atoms with E-state index in [4.69, 9.17) is 11.6 Å². The van der Waals surface area contributed by atoms with Crippen LogP contribution in [0.25, 0.3) is 11.4 Å². The molecule has 6 heteroatoms. The maximum Gasteiger partial charge on any atom is 0.192 e. The maximum atomic E-state index is 13.1. The van der Waals surface area contributed by atoms with Gasteiger partial charge in [-0.1, -0.05) is 41.6 Å². The topological polar surface area (TPSA) is 30.7 Å². The van der Waals surface area contributed by atoms with Crippen molar-refractivity contribution in [1.82, 2.24) is 14.8 Å². The molecule has 0 unspecified atom stereocenters. The van der Waals surface area contributed by atoms with E-state index in [-0.39, 0.29) is 5.82 Å². The van der Waals surface area contributed by atoms with E-state index in [9.17, 15) is 4.39 Å². The Bertz CT molecular complexity index is 846. The first-order chi connectivity index (χ1) is 11.7. The van der Waals surface area contributed by atoms with Crippen LogP contribution in [-0.2, 0) is 12.3 Å². The number of benzene rings is 2. The molecule has 0 bridgehead atoms. The molecule has 0 radical (unpaired) electrons. The smallest absolute Gasteiger partial charge is 0.192 e. The fraction of sp³-hybridized carbons (Fsp3) is 0.111. The molecule has 3 aromatic rings. The highest BCUT2D eigenvalue weighted by Gasteiger charge is 2.13. The van der Waals surface area contributed by atoms with Crippen LogP contribution in [-0.4, -0.2) is 14.8 Å². The lowest BCUT2D eigenvalue weighted by atomic mass is 10.2. The van der Waals surface area contributed by atoms with E-state index in [1.807, 2.05) is 28.8 Å². The van der Waals surface area contributed by atoms with Gasteiger partial charge in [-0.3, -0.25) is 4.57 Å². The second kappa shape index (κ2) is 7.64. The molecule has 2 aromatic carbocycles. The van der Waals surface area contributed by atoms with Gasteiger partial charge in [-0.25, -0.2) is 4.39 Å². The summed E-state index contributed by atoms with van der Waals surface area (Å²) in [6.45, 7) is 4.37. The molecule has 0 aliphatic heterocycles. The fourth-order valence-corrected chi connectivity index (χ4v) is 3.38. The quantitative estimate of drug-likeness (QED) is 0.446. The Labute approximate surface area is 149 Å². The Balaban J connectivity index is 1.85. The largest absolute Gasteiger partial charge is 0.298 e. The summed E-state index contributed by atoms with van der Waals surface area (Å²) in [6.07, 6.45) is 1.79. The Kier molecular flexibility index (Phi) is 5.33. The number of aromatic nitrogens is 3. The zero-order valence-electron chi connectivity index (χ0n) is 12.8. The molecule has 0 fully saturated rings. The van der Waals surface area contributed by atoms with Crippen molar-refractivity contribution in [2.24, 2.45) is 0 Å². The molecule has 1 aromatic heterocycles. The number of thioether (sulfide) groups is 1. The van der Waals surface area contributed by atoms with E-state index in [2.05, 4.69) is 16.8 Å². The summed E-state index contributed by atoms with van der Waals surface area (Å²) in [6, 6.07) is 14.0. The van der Waals surface area contributed by atoms with Crippen molar-refractivity contribution in [2.75, 3.05) is 0 Å². The Morgan fingerprint density at radius 3 is 2.67 bits per heavy atom. The number of hydrogen-bond acceptors (Lipinski definition) is 3. The van der Waals surface area contributed by atoms with E-state index in [0.29, 0.717) is 17.4 Å². The first-order valence-electron chi connectivity index (χ1n) is 7.34. The minimum atomic E-state index is -0.274. The molecule has 3 nitrogen and oxygen atoms in total. The van der Waals surface area contributed by atoms with E-state index in [1.54, 1.807) is 30.0 Å². The lowest BCUT2D eigenvalue weighted by Gasteiger charge is -2.08. The summed E-state index contributed by atoms with van der Waals surface area (Å²) < 4.78 is 15.1. The molecule has 0 spiro atoms. The van der Waals surface area contributed by atoms with Crippen LogP contribution in [0.15, 0.2) is 66.3 Å². The van der Waals surface area contributed by atoms with Crippen LogP contribution in [0.3, 0.4) is 0 Å². The van der Waals surface area contributed by atoms with Gasteiger partial charge in [-0.05, 0) is 42.0 Å². The van der Waals surface area contributed by atoms with Crippen LogP contribution >= 0.6 is 23.4 Å². The number of nitrogens with zero attached hydrogens (tertiary/aromatic N) is 3. The summed E-state index contributed by atoms with van der Waals surface area (Å²) in [7, 11) is 0. The lowest BCUT2D eigenvalue weighted by Crippen LogP contribution is -2.00. The summed E-state index contributed by atoms with van der Waals surface area (Å²) in [4.78, 5) is 0. The number of halogens is 2. The van der Waals surface area contributed by atoms with Gasteiger partial charge in [-0.15, -0.1) is 16.8 Å². The van der Waals surface area contributed by atoms with E-state index in [1.165, 1.54) is 12.1 Å². The molecule has 0 amide bonds. The van der Waals surface area contributed by atoms with Gasteiger partial charge in [0.2, 0.25) is 0 Å².